The molecule has 0 fully saturated rings. The molecule has 0 heterocycles. The largest absolute Gasteiger partial charge is 0.385 e. The Hall–Kier alpha value is -0.120. The Bertz CT molecular complexity index is 118. The highest BCUT2D eigenvalue weighted by molar-refractivity contribution is 4.49. The van der Waals surface area contributed by atoms with Gasteiger partial charge in [-0.1, -0.05) is 13.8 Å². The first kappa shape index (κ1) is 14.9. The fourth-order valence-electron chi connectivity index (χ4n) is 1.24. The van der Waals surface area contributed by atoms with Gasteiger partial charge in [-0.05, 0) is 38.3 Å². The van der Waals surface area contributed by atoms with Crippen LogP contribution in [-0.4, -0.2) is 40.0 Å². The highest BCUT2D eigenvalue weighted by Crippen LogP contribution is 1.93. The zero-order chi connectivity index (χ0) is 11.4. The van der Waals surface area contributed by atoms with Crippen LogP contribution in [0, 0.1) is 5.92 Å². The van der Waals surface area contributed by atoms with Gasteiger partial charge < -0.3 is 14.8 Å². The van der Waals surface area contributed by atoms with Crippen molar-refractivity contribution in [2.24, 2.45) is 5.92 Å². The molecule has 0 aromatic rings. The second-order valence-corrected chi connectivity index (χ2v) is 4.27. The summed E-state index contributed by atoms with van der Waals surface area (Å²) in [5, 5.41) is 3.40. The van der Waals surface area contributed by atoms with Crippen molar-refractivity contribution in [1.29, 1.82) is 0 Å². The van der Waals surface area contributed by atoms with Crippen molar-refractivity contribution in [2.45, 2.75) is 33.1 Å². The average Bonchev–Trinajstić information content (AvgIpc) is 2.20. The molecule has 1 N–H and O–H groups in total. The predicted octanol–water partition coefficient (Wildman–Crippen LogP) is 2.07. The predicted molar refractivity (Wildman–Crippen MR) is 64.3 cm³/mol. The third kappa shape index (κ3) is 13.9. The lowest BCUT2D eigenvalue weighted by molar-refractivity contribution is 0.108. The van der Waals surface area contributed by atoms with Gasteiger partial charge in [0, 0.05) is 26.9 Å². The quantitative estimate of drug-likeness (QED) is 0.537. The number of rotatable bonds is 11. The molecule has 0 aromatic carbocycles. The monoisotopic (exact) mass is 217 g/mol. The zero-order valence-corrected chi connectivity index (χ0v) is 10.6. The molecule has 15 heavy (non-hydrogen) atoms. The molecule has 0 amide bonds. The Balaban J connectivity index is 2.87. The van der Waals surface area contributed by atoms with Gasteiger partial charge in [-0.15, -0.1) is 0 Å². The molecule has 92 valence electrons. The van der Waals surface area contributed by atoms with E-state index in [0.29, 0.717) is 5.92 Å². The van der Waals surface area contributed by atoms with Crippen LogP contribution < -0.4 is 5.32 Å². The van der Waals surface area contributed by atoms with Crippen LogP contribution in [0.4, 0.5) is 0 Å². The van der Waals surface area contributed by atoms with Crippen molar-refractivity contribution in [1.82, 2.24) is 5.32 Å². The molecule has 3 heteroatoms. The molecule has 0 atom stereocenters. The molecule has 0 saturated heterocycles. The van der Waals surface area contributed by atoms with E-state index in [1.54, 1.807) is 7.11 Å². The third-order valence-corrected chi connectivity index (χ3v) is 2.05. The van der Waals surface area contributed by atoms with E-state index in [1.165, 1.54) is 6.42 Å². The fraction of sp³-hybridized carbons (Fsp3) is 1.00. The van der Waals surface area contributed by atoms with Crippen molar-refractivity contribution >= 4 is 0 Å². The van der Waals surface area contributed by atoms with Crippen LogP contribution in [0.3, 0.4) is 0 Å². The molecule has 0 saturated carbocycles. The summed E-state index contributed by atoms with van der Waals surface area (Å²) in [6.45, 7) is 9.14. The van der Waals surface area contributed by atoms with Gasteiger partial charge in [-0.25, -0.2) is 0 Å². The average molecular weight is 217 g/mol. The second-order valence-electron chi connectivity index (χ2n) is 4.27. The first-order chi connectivity index (χ1) is 7.27. The second kappa shape index (κ2) is 12.0. The molecular formula is C12H27NO2. The topological polar surface area (TPSA) is 30.5 Å². The van der Waals surface area contributed by atoms with Gasteiger partial charge in [0.2, 0.25) is 0 Å². The lowest BCUT2D eigenvalue weighted by Gasteiger charge is -2.07. The van der Waals surface area contributed by atoms with Crippen LogP contribution >= 0.6 is 0 Å². The van der Waals surface area contributed by atoms with Gasteiger partial charge in [-0.2, -0.15) is 0 Å². The maximum Gasteiger partial charge on any atom is 0.0489 e. The van der Waals surface area contributed by atoms with Crippen LogP contribution in [0.2, 0.25) is 0 Å². The van der Waals surface area contributed by atoms with E-state index in [4.69, 9.17) is 9.47 Å². The first-order valence-corrected chi connectivity index (χ1v) is 6.04. The van der Waals surface area contributed by atoms with Crippen LogP contribution in [0.15, 0.2) is 0 Å². The van der Waals surface area contributed by atoms with Crippen LogP contribution in [-0.2, 0) is 9.47 Å². The number of nitrogens with one attached hydrogen (secondary N) is 1. The molecule has 0 aliphatic rings. The summed E-state index contributed by atoms with van der Waals surface area (Å²) < 4.78 is 10.5. The van der Waals surface area contributed by atoms with Crippen molar-refractivity contribution in [3.8, 4) is 0 Å². The fourth-order valence-corrected chi connectivity index (χ4v) is 1.24. The molecule has 0 aliphatic heterocycles. The highest BCUT2D eigenvalue weighted by atomic mass is 16.5. The first-order valence-electron chi connectivity index (χ1n) is 6.04. The van der Waals surface area contributed by atoms with Crippen LogP contribution in [0.5, 0.6) is 0 Å². The summed E-state index contributed by atoms with van der Waals surface area (Å²) in [4.78, 5) is 0. The molecule has 0 unspecified atom stereocenters. The number of ether oxygens (including phenoxy) is 2. The van der Waals surface area contributed by atoms with Crippen molar-refractivity contribution in [3.05, 3.63) is 0 Å². The third-order valence-electron chi connectivity index (χ3n) is 2.05. The Morgan fingerprint density at radius 1 is 1.00 bits per heavy atom. The molecule has 0 aliphatic carbocycles. The maximum atomic E-state index is 5.48. The highest BCUT2D eigenvalue weighted by Gasteiger charge is 1.93. The summed E-state index contributed by atoms with van der Waals surface area (Å²) in [5.74, 6) is 0.645. The summed E-state index contributed by atoms with van der Waals surface area (Å²) in [5.41, 5.74) is 0. The summed E-state index contributed by atoms with van der Waals surface area (Å²) in [6.07, 6.45) is 3.45. The van der Waals surface area contributed by atoms with E-state index < -0.39 is 0 Å². The van der Waals surface area contributed by atoms with E-state index in [0.717, 1.165) is 45.8 Å². The van der Waals surface area contributed by atoms with E-state index in [9.17, 15) is 0 Å². The van der Waals surface area contributed by atoms with Gasteiger partial charge in [0.25, 0.3) is 0 Å². The van der Waals surface area contributed by atoms with Crippen LogP contribution in [0.1, 0.15) is 33.1 Å². The minimum Gasteiger partial charge on any atom is -0.385 e. The molecular weight excluding hydrogens is 190 g/mol. The molecule has 0 spiro atoms. The van der Waals surface area contributed by atoms with E-state index in [2.05, 4.69) is 19.2 Å². The smallest absolute Gasteiger partial charge is 0.0489 e. The molecule has 0 rings (SSSR count). The Labute approximate surface area is 94.5 Å². The Morgan fingerprint density at radius 2 is 1.73 bits per heavy atom. The van der Waals surface area contributed by atoms with E-state index in [1.807, 2.05) is 0 Å². The lowest BCUT2D eigenvalue weighted by atomic mass is 10.2. The SMILES string of the molecule is COCCCCNCCCOCC(C)C. The maximum absolute atomic E-state index is 5.48. The number of hydrogen-bond acceptors (Lipinski definition) is 3. The zero-order valence-electron chi connectivity index (χ0n) is 10.6. The van der Waals surface area contributed by atoms with E-state index >= 15 is 0 Å². The van der Waals surface area contributed by atoms with Crippen molar-refractivity contribution in [2.75, 3.05) is 40.0 Å². The summed E-state index contributed by atoms with van der Waals surface area (Å²) in [7, 11) is 1.75. The minimum absolute atomic E-state index is 0.645. The molecule has 0 aromatic heterocycles. The number of hydrogen-bond donors (Lipinski definition) is 1. The van der Waals surface area contributed by atoms with Crippen molar-refractivity contribution < 1.29 is 9.47 Å². The lowest BCUT2D eigenvalue weighted by Crippen LogP contribution is -2.18. The number of methoxy groups -OCH3 is 1. The van der Waals surface area contributed by atoms with Crippen molar-refractivity contribution in [3.63, 3.8) is 0 Å². The molecule has 0 radical (unpaired) electrons. The normalized spacial score (nSPS) is 11.2. The summed E-state index contributed by atoms with van der Waals surface area (Å²) in [6, 6.07) is 0. The Kier molecular flexibility index (Phi) is 11.9. The van der Waals surface area contributed by atoms with Gasteiger partial charge >= 0.3 is 0 Å². The van der Waals surface area contributed by atoms with Gasteiger partial charge in [0.05, 0.1) is 0 Å². The van der Waals surface area contributed by atoms with Gasteiger partial charge in [-0.3, -0.25) is 0 Å². The summed E-state index contributed by atoms with van der Waals surface area (Å²) >= 11 is 0. The molecule has 3 nitrogen and oxygen atoms in total. The van der Waals surface area contributed by atoms with E-state index in [-0.39, 0.29) is 0 Å². The Morgan fingerprint density at radius 3 is 2.40 bits per heavy atom. The van der Waals surface area contributed by atoms with Gasteiger partial charge in [0.1, 0.15) is 0 Å². The van der Waals surface area contributed by atoms with Crippen LogP contribution in [0.25, 0.3) is 0 Å². The number of unbranched alkanes of at least 4 members (excludes halogenated alkanes) is 1. The standard InChI is InChI=1S/C12H27NO2/c1-12(2)11-15-10-6-8-13-7-4-5-9-14-3/h12-13H,4-11H2,1-3H3. The minimum atomic E-state index is 0.645. The van der Waals surface area contributed by atoms with Gasteiger partial charge in [0.15, 0.2) is 0 Å². The molecule has 0 bridgehead atoms.